The van der Waals surface area contributed by atoms with Crippen molar-refractivity contribution >= 4 is 23.4 Å². The standard InChI is InChI=1S/C13H16FN5OS/c1-9-17-18-13(19(9)7-6-15)21-8-12(20)16-11-4-2-10(14)3-5-11/h2-5H,6-8,15H2,1H3,(H,16,20). The summed E-state index contributed by atoms with van der Waals surface area (Å²) in [5, 5.41) is 11.3. The van der Waals surface area contributed by atoms with Crippen LogP contribution in [0.5, 0.6) is 0 Å². The average Bonchev–Trinajstić information content (AvgIpc) is 2.81. The number of aryl methyl sites for hydroxylation is 1. The zero-order chi connectivity index (χ0) is 15.2. The van der Waals surface area contributed by atoms with Crippen molar-refractivity contribution in [1.29, 1.82) is 0 Å². The molecule has 0 fully saturated rings. The van der Waals surface area contributed by atoms with E-state index in [1.165, 1.54) is 36.0 Å². The number of rotatable bonds is 6. The van der Waals surface area contributed by atoms with Gasteiger partial charge in [-0.3, -0.25) is 4.79 Å². The SMILES string of the molecule is Cc1nnc(SCC(=O)Nc2ccc(F)cc2)n1CCN. The fourth-order valence-electron chi connectivity index (χ4n) is 1.72. The number of benzene rings is 1. The van der Waals surface area contributed by atoms with Crippen LogP contribution >= 0.6 is 11.8 Å². The quantitative estimate of drug-likeness (QED) is 0.788. The van der Waals surface area contributed by atoms with Gasteiger partial charge in [-0.2, -0.15) is 0 Å². The number of amides is 1. The summed E-state index contributed by atoms with van der Waals surface area (Å²) in [6.45, 7) is 2.93. The Morgan fingerprint density at radius 3 is 2.76 bits per heavy atom. The van der Waals surface area contributed by atoms with Gasteiger partial charge in [0.25, 0.3) is 0 Å². The van der Waals surface area contributed by atoms with E-state index in [4.69, 9.17) is 5.73 Å². The second-order valence-electron chi connectivity index (χ2n) is 4.31. The van der Waals surface area contributed by atoms with Gasteiger partial charge in [-0.25, -0.2) is 4.39 Å². The maximum absolute atomic E-state index is 12.8. The Morgan fingerprint density at radius 1 is 1.38 bits per heavy atom. The van der Waals surface area contributed by atoms with Crippen LogP contribution in [0, 0.1) is 12.7 Å². The smallest absolute Gasteiger partial charge is 0.234 e. The first-order valence-electron chi connectivity index (χ1n) is 6.38. The zero-order valence-electron chi connectivity index (χ0n) is 11.5. The molecule has 112 valence electrons. The highest BCUT2D eigenvalue weighted by atomic mass is 32.2. The average molecular weight is 309 g/mol. The Labute approximate surface area is 125 Å². The highest BCUT2D eigenvalue weighted by molar-refractivity contribution is 7.99. The van der Waals surface area contributed by atoms with E-state index in [1.807, 2.05) is 11.5 Å². The molecule has 0 radical (unpaired) electrons. The molecule has 0 aliphatic heterocycles. The van der Waals surface area contributed by atoms with Gasteiger partial charge in [0.15, 0.2) is 5.16 Å². The number of thioether (sulfide) groups is 1. The van der Waals surface area contributed by atoms with Gasteiger partial charge in [-0.05, 0) is 31.2 Å². The number of nitrogens with zero attached hydrogens (tertiary/aromatic N) is 3. The fraction of sp³-hybridized carbons (Fsp3) is 0.308. The van der Waals surface area contributed by atoms with E-state index >= 15 is 0 Å². The molecule has 1 aromatic carbocycles. The molecular formula is C13H16FN5OS. The lowest BCUT2D eigenvalue weighted by Crippen LogP contribution is -2.16. The van der Waals surface area contributed by atoms with Gasteiger partial charge in [-0.15, -0.1) is 10.2 Å². The van der Waals surface area contributed by atoms with Gasteiger partial charge < -0.3 is 15.6 Å². The van der Waals surface area contributed by atoms with Gasteiger partial charge in [0.2, 0.25) is 5.91 Å². The van der Waals surface area contributed by atoms with Crippen LogP contribution in [0.4, 0.5) is 10.1 Å². The summed E-state index contributed by atoms with van der Waals surface area (Å²) in [5.41, 5.74) is 6.09. The Balaban J connectivity index is 1.90. The molecule has 8 heteroatoms. The number of aromatic nitrogens is 3. The first-order chi connectivity index (χ1) is 10.1. The molecule has 2 rings (SSSR count). The lowest BCUT2D eigenvalue weighted by atomic mass is 10.3. The summed E-state index contributed by atoms with van der Waals surface area (Å²) < 4.78 is 14.6. The maximum Gasteiger partial charge on any atom is 0.234 e. The van der Waals surface area contributed by atoms with Crippen molar-refractivity contribution in [3.8, 4) is 0 Å². The normalized spacial score (nSPS) is 10.6. The molecule has 0 saturated heterocycles. The van der Waals surface area contributed by atoms with Gasteiger partial charge in [0.1, 0.15) is 11.6 Å². The van der Waals surface area contributed by atoms with Crippen molar-refractivity contribution in [2.45, 2.75) is 18.6 Å². The monoisotopic (exact) mass is 309 g/mol. The third-order valence-electron chi connectivity index (χ3n) is 2.71. The summed E-state index contributed by atoms with van der Waals surface area (Å²) in [6, 6.07) is 5.62. The third-order valence-corrected chi connectivity index (χ3v) is 3.68. The Kier molecular flexibility index (Phi) is 5.29. The summed E-state index contributed by atoms with van der Waals surface area (Å²) in [6.07, 6.45) is 0. The van der Waals surface area contributed by atoms with Crippen LogP contribution in [0.15, 0.2) is 29.4 Å². The number of nitrogens with two attached hydrogens (primary N) is 1. The maximum atomic E-state index is 12.8. The van der Waals surface area contributed by atoms with Crippen LogP contribution in [0.1, 0.15) is 5.82 Å². The number of hydrogen-bond acceptors (Lipinski definition) is 5. The third kappa shape index (κ3) is 4.27. The molecule has 1 amide bonds. The van der Waals surface area contributed by atoms with Crippen LogP contribution in [-0.2, 0) is 11.3 Å². The zero-order valence-corrected chi connectivity index (χ0v) is 12.4. The molecule has 0 aliphatic carbocycles. The molecule has 0 bridgehead atoms. The number of nitrogens with one attached hydrogen (secondary N) is 1. The van der Waals surface area contributed by atoms with Gasteiger partial charge in [-0.1, -0.05) is 11.8 Å². The molecule has 0 atom stereocenters. The molecule has 0 spiro atoms. The second-order valence-corrected chi connectivity index (χ2v) is 5.26. The number of hydrogen-bond donors (Lipinski definition) is 2. The van der Waals surface area contributed by atoms with Gasteiger partial charge in [0.05, 0.1) is 5.75 Å². The topological polar surface area (TPSA) is 85.8 Å². The molecule has 1 heterocycles. The van der Waals surface area contributed by atoms with Crippen LogP contribution in [0.3, 0.4) is 0 Å². The Hall–Kier alpha value is -1.93. The van der Waals surface area contributed by atoms with Crippen molar-refractivity contribution < 1.29 is 9.18 Å². The van der Waals surface area contributed by atoms with Gasteiger partial charge in [0, 0.05) is 18.8 Å². The second kappa shape index (κ2) is 7.19. The minimum absolute atomic E-state index is 0.188. The van der Waals surface area contributed by atoms with Crippen LogP contribution in [-0.4, -0.2) is 33.0 Å². The van der Waals surface area contributed by atoms with E-state index in [2.05, 4.69) is 15.5 Å². The highest BCUT2D eigenvalue weighted by Gasteiger charge is 2.11. The molecule has 2 aromatic rings. The number of carbonyl (C=O) groups excluding carboxylic acids is 1. The van der Waals surface area contributed by atoms with Crippen LogP contribution < -0.4 is 11.1 Å². The van der Waals surface area contributed by atoms with Crippen molar-refractivity contribution in [3.63, 3.8) is 0 Å². The van der Waals surface area contributed by atoms with Crippen molar-refractivity contribution in [2.24, 2.45) is 5.73 Å². The lowest BCUT2D eigenvalue weighted by Gasteiger charge is -2.07. The summed E-state index contributed by atoms with van der Waals surface area (Å²) >= 11 is 1.29. The van der Waals surface area contributed by atoms with Crippen LogP contribution in [0.2, 0.25) is 0 Å². The largest absolute Gasteiger partial charge is 0.329 e. The predicted molar refractivity (Wildman–Crippen MR) is 79.6 cm³/mol. The van der Waals surface area contributed by atoms with Crippen molar-refractivity contribution in [2.75, 3.05) is 17.6 Å². The van der Waals surface area contributed by atoms with Crippen molar-refractivity contribution in [1.82, 2.24) is 14.8 Å². The molecule has 0 unspecified atom stereocenters. The Morgan fingerprint density at radius 2 is 2.10 bits per heavy atom. The fourth-order valence-corrected chi connectivity index (χ4v) is 2.53. The first-order valence-corrected chi connectivity index (χ1v) is 7.37. The molecule has 6 nitrogen and oxygen atoms in total. The summed E-state index contributed by atoms with van der Waals surface area (Å²) in [7, 11) is 0. The van der Waals surface area contributed by atoms with E-state index in [0.29, 0.717) is 23.9 Å². The molecule has 0 aliphatic rings. The number of halogens is 1. The highest BCUT2D eigenvalue weighted by Crippen LogP contribution is 2.17. The molecule has 21 heavy (non-hydrogen) atoms. The van der Waals surface area contributed by atoms with E-state index in [9.17, 15) is 9.18 Å². The lowest BCUT2D eigenvalue weighted by molar-refractivity contribution is -0.113. The summed E-state index contributed by atoms with van der Waals surface area (Å²) in [4.78, 5) is 11.8. The van der Waals surface area contributed by atoms with Gasteiger partial charge >= 0.3 is 0 Å². The molecular weight excluding hydrogens is 293 g/mol. The minimum atomic E-state index is -0.340. The number of anilines is 1. The van der Waals surface area contributed by atoms with E-state index in [-0.39, 0.29) is 17.5 Å². The van der Waals surface area contributed by atoms with Crippen LogP contribution in [0.25, 0.3) is 0 Å². The molecule has 1 aromatic heterocycles. The van der Waals surface area contributed by atoms with Crippen molar-refractivity contribution in [3.05, 3.63) is 35.9 Å². The molecule has 3 N–H and O–H groups in total. The van der Waals surface area contributed by atoms with E-state index in [0.717, 1.165) is 5.82 Å². The minimum Gasteiger partial charge on any atom is -0.329 e. The first kappa shape index (κ1) is 15.5. The Bertz CT molecular complexity index is 614. The van der Waals surface area contributed by atoms with E-state index in [1.54, 1.807) is 0 Å². The number of carbonyl (C=O) groups is 1. The molecule has 0 saturated carbocycles. The van der Waals surface area contributed by atoms with E-state index < -0.39 is 0 Å². The summed E-state index contributed by atoms with van der Waals surface area (Å²) in [5.74, 6) is 0.432. The predicted octanol–water partition coefficient (Wildman–Crippen LogP) is 1.42.